The molecular formula is C17H24ClN3O2. The summed E-state index contributed by atoms with van der Waals surface area (Å²) in [6.07, 6.45) is 5.63. The van der Waals surface area contributed by atoms with Crippen molar-refractivity contribution in [2.45, 2.75) is 37.7 Å². The predicted octanol–water partition coefficient (Wildman–Crippen LogP) is 2.16. The molecule has 0 spiro atoms. The van der Waals surface area contributed by atoms with Crippen LogP contribution < -0.4 is 0 Å². The fourth-order valence-electron chi connectivity index (χ4n) is 2.54. The van der Waals surface area contributed by atoms with Gasteiger partial charge in [0.1, 0.15) is 11.9 Å². The molecule has 0 N–H and O–H groups in total. The highest BCUT2D eigenvalue weighted by Crippen LogP contribution is 2.28. The molecule has 1 aliphatic carbocycles. The van der Waals surface area contributed by atoms with E-state index in [0.717, 1.165) is 18.5 Å². The summed E-state index contributed by atoms with van der Waals surface area (Å²) in [7, 11) is 1.97. The molecule has 1 aromatic rings. The third-order valence-corrected chi connectivity index (χ3v) is 4.21. The maximum atomic E-state index is 12.7. The zero-order valence-electron chi connectivity index (χ0n) is 13.7. The van der Waals surface area contributed by atoms with Gasteiger partial charge in [-0.05, 0) is 31.9 Å². The molecule has 1 unspecified atom stereocenters. The van der Waals surface area contributed by atoms with Gasteiger partial charge in [-0.3, -0.25) is 9.59 Å². The van der Waals surface area contributed by atoms with Crippen LogP contribution in [0.25, 0.3) is 0 Å². The van der Waals surface area contributed by atoms with E-state index in [4.69, 9.17) is 11.6 Å². The van der Waals surface area contributed by atoms with E-state index in [2.05, 4.69) is 6.58 Å². The van der Waals surface area contributed by atoms with Crippen LogP contribution in [0.4, 0.5) is 0 Å². The largest absolute Gasteiger partial charge is 0.353 e. The van der Waals surface area contributed by atoms with Crippen LogP contribution in [-0.4, -0.2) is 50.7 Å². The first-order valence-electron chi connectivity index (χ1n) is 7.87. The summed E-state index contributed by atoms with van der Waals surface area (Å²) < 4.78 is 2.01. The molecule has 0 radical (unpaired) electrons. The van der Waals surface area contributed by atoms with Gasteiger partial charge in [0.15, 0.2) is 0 Å². The maximum Gasteiger partial charge on any atom is 0.242 e. The van der Waals surface area contributed by atoms with Gasteiger partial charge in [-0.1, -0.05) is 6.08 Å². The van der Waals surface area contributed by atoms with Gasteiger partial charge in [0.25, 0.3) is 0 Å². The Morgan fingerprint density at radius 2 is 2.22 bits per heavy atom. The fraction of sp³-hybridized carbons (Fsp3) is 0.529. The van der Waals surface area contributed by atoms with E-state index in [1.807, 2.05) is 34.8 Å². The molecule has 2 amide bonds. The topological polar surface area (TPSA) is 45.6 Å². The van der Waals surface area contributed by atoms with Crippen LogP contribution in [0.3, 0.4) is 0 Å². The Labute approximate surface area is 142 Å². The van der Waals surface area contributed by atoms with E-state index in [-0.39, 0.29) is 24.4 Å². The molecule has 1 heterocycles. The number of aryl methyl sites for hydroxylation is 1. The first-order valence-corrected chi connectivity index (χ1v) is 8.31. The number of nitrogens with zero attached hydrogens (tertiary/aromatic N) is 3. The zero-order chi connectivity index (χ0) is 17.0. The van der Waals surface area contributed by atoms with Crippen LogP contribution in [0, 0.1) is 0 Å². The molecule has 5 nitrogen and oxygen atoms in total. The summed E-state index contributed by atoms with van der Waals surface area (Å²) >= 11 is 5.88. The van der Waals surface area contributed by atoms with Gasteiger partial charge in [0.05, 0.1) is 6.54 Å². The number of hydrogen-bond donors (Lipinski definition) is 0. The normalized spacial score (nSPS) is 15.1. The average Bonchev–Trinajstić information content (AvgIpc) is 3.26. The Bertz CT molecular complexity index is 578. The summed E-state index contributed by atoms with van der Waals surface area (Å²) in [4.78, 5) is 28.2. The van der Waals surface area contributed by atoms with Crippen molar-refractivity contribution >= 4 is 23.4 Å². The Morgan fingerprint density at radius 3 is 2.70 bits per heavy atom. The Kier molecular flexibility index (Phi) is 5.88. The molecule has 6 heteroatoms. The molecule has 126 valence electrons. The number of halogens is 1. The molecule has 23 heavy (non-hydrogen) atoms. The van der Waals surface area contributed by atoms with E-state index in [1.54, 1.807) is 13.0 Å². The Balaban J connectivity index is 2.06. The highest BCUT2D eigenvalue weighted by molar-refractivity contribution is 6.30. The molecule has 1 atom stereocenters. The van der Waals surface area contributed by atoms with Gasteiger partial charge in [0.2, 0.25) is 11.8 Å². The lowest BCUT2D eigenvalue weighted by atomic mass is 10.3. The van der Waals surface area contributed by atoms with Crippen molar-refractivity contribution in [2.75, 3.05) is 13.1 Å². The molecule has 1 fully saturated rings. The number of aromatic nitrogens is 1. The van der Waals surface area contributed by atoms with Crippen molar-refractivity contribution in [1.82, 2.24) is 14.4 Å². The van der Waals surface area contributed by atoms with Crippen molar-refractivity contribution in [3.8, 4) is 0 Å². The Hall–Kier alpha value is -1.75. The number of rotatable bonds is 8. The van der Waals surface area contributed by atoms with Gasteiger partial charge >= 0.3 is 0 Å². The number of amides is 2. The zero-order valence-corrected chi connectivity index (χ0v) is 14.5. The van der Waals surface area contributed by atoms with Crippen molar-refractivity contribution in [2.24, 2.45) is 7.05 Å². The van der Waals surface area contributed by atoms with E-state index in [1.165, 1.54) is 4.90 Å². The number of hydrogen-bond acceptors (Lipinski definition) is 2. The number of alkyl halides is 1. The van der Waals surface area contributed by atoms with Crippen LogP contribution in [-0.2, 0) is 23.2 Å². The molecule has 0 aromatic carbocycles. The number of carbonyl (C=O) groups is 2. The number of carbonyl (C=O) groups excluding carboxylic acids is 2. The molecule has 1 saturated carbocycles. The van der Waals surface area contributed by atoms with E-state index in [9.17, 15) is 9.59 Å². The molecule has 1 aliphatic rings. The van der Waals surface area contributed by atoms with Gasteiger partial charge < -0.3 is 14.4 Å². The van der Waals surface area contributed by atoms with Crippen molar-refractivity contribution in [3.63, 3.8) is 0 Å². The van der Waals surface area contributed by atoms with Crippen LogP contribution in [0.2, 0.25) is 0 Å². The Morgan fingerprint density at radius 1 is 1.52 bits per heavy atom. The second kappa shape index (κ2) is 7.68. The molecule has 2 rings (SSSR count). The molecular weight excluding hydrogens is 314 g/mol. The summed E-state index contributed by atoms with van der Waals surface area (Å²) in [5, 5.41) is -0.648. The van der Waals surface area contributed by atoms with Crippen LogP contribution >= 0.6 is 11.6 Å². The summed E-state index contributed by atoms with van der Waals surface area (Å²) in [6.45, 7) is 6.20. The van der Waals surface area contributed by atoms with Crippen LogP contribution in [0.15, 0.2) is 31.0 Å². The summed E-state index contributed by atoms with van der Waals surface area (Å²) in [5.41, 5.74) is 1.08. The minimum Gasteiger partial charge on any atom is -0.353 e. The maximum absolute atomic E-state index is 12.7. The van der Waals surface area contributed by atoms with Crippen molar-refractivity contribution < 1.29 is 9.59 Å². The SMILES string of the molecule is C=CCN(CC(=O)N(Cc1cccn1C)C1CC1)C(=O)C(C)Cl. The second-order valence-corrected chi connectivity index (χ2v) is 6.64. The lowest BCUT2D eigenvalue weighted by Crippen LogP contribution is -2.45. The smallest absolute Gasteiger partial charge is 0.242 e. The minimum atomic E-state index is -0.648. The third kappa shape index (κ3) is 4.61. The summed E-state index contributed by atoms with van der Waals surface area (Å²) in [5.74, 6) is -0.282. The third-order valence-electron chi connectivity index (χ3n) is 4.02. The molecule has 1 aromatic heterocycles. The average molecular weight is 338 g/mol. The van der Waals surface area contributed by atoms with E-state index < -0.39 is 5.38 Å². The van der Waals surface area contributed by atoms with Gasteiger partial charge in [-0.2, -0.15) is 0 Å². The lowest BCUT2D eigenvalue weighted by Gasteiger charge is -2.28. The molecule has 0 saturated heterocycles. The standard InChI is InChI=1S/C17H24ClN3O2/c1-4-9-20(17(23)13(2)18)12-16(22)21(14-7-8-14)11-15-6-5-10-19(15)3/h4-6,10,13-14H,1,7-9,11-12H2,2-3H3. The quantitative estimate of drug-likeness (QED) is 0.539. The second-order valence-electron chi connectivity index (χ2n) is 5.99. The van der Waals surface area contributed by atoms with E-state index in [0.29, 0.717) is 13.1 Å². The highest BCUT2D eigenvalue weighted by atomic mass is 35.5. The summed E-state index contributed by atoms with van der Waals surface area (Å²) in [6, 6.07) is 4.26. The minimum absolute atomic E-state index is 0.0405. The van der Waals surface area contributed by atoms with Gasteiger partial charge in [0, 0.05) is 31.5 Å². The first-order chi connectivity index (χ1) is 10.9. The lowest BCUT2D eigenvalue weighted by molar-refractivity contribution is -0.140. The van der Waals surface area contributed by atoms with Crippen LogP contribution in [0.1, 0.15) is 25.5 Å². The monoisotopic (exact) mass is 337 g/mol. The molecule has 0 bridgehead atoms. The van der Waals surface area contributed by atoms with Crippen LogP contribution in [0.5, 0.6) is 0 Å². The first kappa shape index (κ1) is 17.6. The molecule has 0 aliphatic heterocycles. The highest BCUT2D eigenvalue weighted by Gasteiger charge is 2.34. The van der Waals surface area contributed by atoms with Gasteiger partial charge in [-0.25, -0.2) is 0 Å². The van der Waals surface area contributed by atoms with Crippen molar-refractivity contribution in [3.05, 3.63) is 36.7 Å². The predicted molar refractivity (Wildman–Crippen MR) is 91.1 cm³/mol. The van der Waals surface area contributed by atoms with Crippen molar-refractivity contribution in [1.29, 1.82) is 0 Å². The van der Waals surface area contributed by atoms with E-state index >= 15 is 0 Å². The van der Waals surface area contributed by atoms with Gasteiger partial charge in [-0.15, -0.1) is 18.2 Å². The fourth-order valence-corrected chi connectivity index (χ4v) is 2.67.